The van der Waals surface area contributed by atoms with Crippen molar-refractivity contribution in [2.45, 2.75) is 19.4 Å². The summed E-state index contributed by atoms with van der Waals surface area (Å²) in [6, 6.07) is 10.6. The molecule has 144 valence electrons. The number of nitrogens with one attached hydrogen (secondary N) is 1. The third-order valence-corrected chi connectivity index (χ3v) is 5.85. The highest BCUT2D eigenvalue weighted by Gasteiger charge is 2.25. The predicted octanol–water partition coefficient (Wildman–Crippen LogP) is 2.53. The topological polar surface area (TPSA) is 78.7 Å². The van der Waals surface area contributed by atoms with Gasteiger partial charge >= 0.3 is 0 Å². The van der Waals surface area contributed by atoms with Gasteiger partial charge in [0.2, 0.25) is 5.91 Å². The Balaban J connectivity index is 1.44. The number of benzene rings is 1. The normalized spacial score (nSPS) is 16.1. The average molecular weight is 388 g/mol. The maximum Gasteiger partial charge on any atom is 0.269 e. The van der Waals surface area contributed by atoms with Gasteiger partial charge in [0.25, 0.3) is 5.69 Å². The lowest BCUT2D eigenvalue weighted by Gasteiger charge is -2.38. The van der Waals surface area contributed by atoms with Crippen molar-refractivity contribution in [1.82, 2.24) is 10.2 Å². The van der Waals surface area contributed by atoms with Crippen molar-refractivity contribution in [2.75, 3.05) is 37.6 Å². The van der Waals surface area contributed by atoms with Gasteiger partial charge in [-0.2, -0.15) is 0 Å². The summed E-state index contributed by atoms with van der Waals surface area (Å²) in [7, 11) is 0. The molecule has 2 aromatic rings. The molecule has 1 amide bonds. The van der Waals surface area contributed by atoms with Gasteiger partial charge in [-0.15, -0.1) is 11.3 Å². The molecule has 1 aromatic heterocycles. The number of non-ortho nitro benzene ring substituents is 1. The van der Waals surface area contributed by atoms with E-state index < -0.39 is 0 Å². The highest BCUT2D eigenvalue weighted by atomic mass is 32.1. The SMILES string of the molecule is C[C@H](C(=O)NCCc1cccs1)N1CCN(c2ccc([N+](=O)[O-])cc2)CC1. The molecule has 3 rings (SSSR count). The van der Waals surface area contributed by atoms with Gasteiger partial charge in [0.15, 0.2) is 0 Å². The summed E-state index contributed by atoms with van der Waals surface area (Å²) >= 11 is 1.71. The highest BCUT2D eigenvalue weighted by Crippen LogP contribution is 2.21. The molecule has 0 unspecified atom stereocenters. The largest absolute Gasteiger partial charge is 0.369 e. The van der Waals surface area contributed by atoms with Crippen molar-refractivity contribution in [2.24, 2.45) is 0 Å². The lowest BCUT2D eigenvalue weighted by Crippen LogP contribution is -2.54. The molecule has 0 spiro atoms. The van der Waals surface area contributed by atoms with Crippen molar-refractivity contribution in [3.05, 3.63) is 56.8 Å². The van der Waals surface area contributed by atoms with E-state index in [2.05, 4.69) is 21.2 Å². The number of hydrogen-bond acceptors (Lipinski definition) is 6. The molecule has 0 bridgehead atoms. The van der Waals surface area contributed by atoms with Gasteiger partial charge in [-0.25, -0.2) is 0 Å². The minimum atomic E-state index is -0.388. The number of anilines is 1. The molecular weight excluding hydrogens is 364 g/mol. The van der Waals surface area contributed by atoms with E-state index in [9.17, 15) is 14.9 Å². The van der Waals surface area contributed by atoms with Gasteiger partial charge in [-0.3, -0.25) is 19.8 Å². The Morgan fingerprint density at radius 3 is 2.52 bits per heavy atom. The molecule has 7 nitrogen and oxygen atoms in total. The van der Waals surface area contributed by atoms with Crippen LogP contribution in [-0.2, 0) is 11.2 Å². The maximum atomic E-state index is 12.4. The molecule has 1 N–H and O–H groups in total. The molecular formula is C19H24N4O3S. The first kappa shape index (κ1) is 19.3. The number of thiophene rings is 1. The highest BCUT2D eigenvalue weighted by molar-refractivity contribution is 7.09. The number of carbonyl (C=O) groups is 1. The summed E-state index contributed by atoms with van der Waals surface area (Å²) in [5.41, 5.74) is 1.08. The minimum Gasteiger partial charge on any atom is -0.369 e. The van der Waals surface area contributed by atoms with E-state index in [-0.39, 0.29) is 22.6 Å². The molecule has 1 aliphatic rings. The average Bonchev–Trinajstić information content (AvgIpc) is 3.21. The van der Waals surface area contributed by atoms with Crippen molar-refractivity contribution in [3.63, 3.8) is 0 Å². The van der Waals surface area contributed by atoms with E-state index in [1.807, 2.05) is 18.4 Å². The Kier molecular flexibility index (Phi) is 6.41. The fourth-order valence-corrected chi connectivity index (χ4v) is 3.94. The Morgan fingerprint density at radius 1 is 1.22 bits per heavy atom. The van der Waals surface area contributed by atoms with Crippen LogP contribution in [0.1, 0.15) is 11.8 Å². The minimum absolute atomic E-state index is 0.0651. The standard InChI is InChI=1S/C19H24N4O3S/c1-15(19(24)20-9-8-18-3-2-14-27-18)21-10-12-22(13-11-21)16-4-6-17(7-5-16)23(25)26/h2-7,14-15H,8-13H2,1H3,(H,20,24)/t15-/m1/s1. The summed E-state index contributed by atoms with van der Waals surface area (Å²) in [5, 5.41) is 15.8. The van der Waals surface area contributed by atoms with E-state index in [0.717, 1.165) is 38.3 Å². The third kappa shape index (κ3) is 5.05. The molecule has 27 heavy (non-hydrogen) atoms. The van der Waals surface area contributed by atoms with Gasteiger partial charge in [-0.05, 0) is 36.9 Å². The van der Waals surface area contributed by atoms with E-state index in [1.54, 1.807) is 23.5 Å². The summed E-state index contributed by atoms with van der Waals surface area (Å²) in [5.74, 6) is 0.0651. The van der Waals surface area contributed by atoms with Crippen LogP contribution in [0.4, 0.5) is 11.4 Å². The summed E-state index contributed by atoms with van der Waals surface area (Å²) < 4.78 is 0. The Bertz CT molecular complexity index is 756. The molecule has 2 heterocycles. The maximum absolute atomic E-state index is 12.4. The molecule has 1 fully saturated rings. The monoisotopic (exact) mass is 388 g/mol. The number of nitro benzene ring substituents is 1. The Labute approximate surface area is 162 Å². The van der Waals surface area contributed by atoms with Crippen LogP contribution >= 0.6 is 11.3 Å². The van der Waals surface area contributed by atoms with Gasteiger partial charge in [-0.1, -0.05) is 6.07 Å². The molecule has 1 saturated heterocycles. The lowest BCUT2D eigenvalue weighted by molar-refractivity contribution is -0.384. The van der Waals surface area contributed by atoms with Crippen LogP contribution in [-0.4, -0.2) is 54.5 Å². The summed E-state index contributed by atoms with van der Waals surface area (Å²) in [4.78, 5) is 28.4. The van der Waals surface area contributed by atoms with Crippen LogP contribution in [0.15, 0.2) is 41.8 Å². The third-order valence-electron chi connectivity index (χ3n) is 4.92. The number of amides is 1. The quantitative estimate of drug-likeness (QED) is 0.582. The van der Waals surface area contributed by atoms with Gasteiger partial charge < -0.3 is 10.2 Å². The molecule has 1 aliphatic heterocycles. The van der Waals surface area contributed by atoms with Gasteiger partial charge in [0, 0.05) is 55.4 Å². The van der Waals surface area contributed by atoms with Crippen LogP contribution in [0.2, 0.25) is 0 Å². The first-order valence-electron chi connectivity index (χ1n) is 9.08. The van der Waals surface area contributed by atoms with E-state index in [0.29, 0.717) is 6.54 Å². The molecule has 1 atom stereocenters. The Hall–Kier alpha value is -2.45. The van der Waals surface area contributed by atoms with E-state index in [1.165, 1.54) is 17.0 Å². The van der Waals surface area contributed by atoms with Crippen LogP contribution in [0, 0.1) is 10.1 Å². The van der Waals surface area contributed by atoms with Crippen LogP contribution < -0.4 is 10.2 Å². The second-order valence-electron chi connectivity index (χ2n) is 6.59. The lowest BCUT2D eigenvalue weighted by atomic mass is 10.2. The molecule has 0 aliphatic carbocycles. The predicted molar refractivity (Wildman–Crippen MR) is 107 cm³/mol. The first-order valence-corrected chi connectivity index (χ1v) is 9.96. The number of carbonyl (C=O) groups excluding carboxylic acids is 1. The molecule has 8 heteroatoms. The summed E-state index contributed by atoms with van der Waals surface area (Å²) in [6.07, 6.45) is 0.865. The second kappa shape index (κ2) is 8.96. The molecule has 1 aromatic carbocycles. The number of nitrogens with zero attached hydrogens (tertiary/aromatic N) is 3. The van der Waals surface area contributed by atoms with Crippen molar-refractivity contribution < 1.29 is 9.72 Å². The van der Waals surface area contributed by atoms with E-state index >= 15 is 0 Å². The number of rotatable bonds is 7. The zero-order chi connectivity index (χ0) is 19.2. The molecule has 0 radical (unpaired) electrons. The zero-order valence-electron chi connectivity index (χ0n) is 15.3. The van der Waals surface area contributed by atoms with Crippen molar-refractivity contribution >= 4 is 28.6 Å². The smallest absolute Gasteiger partial charge is 0.269 e. The van der Waals surface area contributed by atoms with Crippen LogP contribution in [0.5, 0.6) is 0 Å². The first-order chi connectivity index (χ1) is 13.0. The number of nitro groups is 1. The Morgan fingerprint density at radius 2 is 1.93 bits per heavy atom. The van der Waals surface area contributed by atoms with Gasteiger partial charge in [0.05, 0.1) is 11.0 Å². The van der Waals surface area contributed by atoms with Crippen molar-refractivity contribution in [3.8, 4) is 0 Å². The van der Waals surface area contributed by atoms with Crippen molar-refractivity contribution in [1.29, 1.82) is 0 Å². The number of hydrogen-bond donors (Lipinski definition) is 1. The summed E-state index contributed by atoms with van der Waals surface area (Å²) in [6.45, 7) is 5.77. The second-order valence-corrected chi connectivity index (χ2v) is 7.63. The fourth-order valence-electron chi connectivity index (χ4n) is 3.23. The fraction of sp³-hybridized carbons (Fsp3) is 0.421. The molecule has 0 saturated carbocycles. The van der Waals surface area contributed by atoms with Crippen LogP contribution in [0.3, 0.4) is 0 Å². The number of piperazine rings is 1. The van der Waals surface area contributed by atoms with Gasteiger partial charge in [0.1, 0.15) is 0 Å². The van der Waals surface area contributed by atoms with Crippen LogP contribution in [0.25, 0.3) is 0 Å². The zero-order valence-corrected chi connectivity index (χ0v) is 16.2. The van der Waals surface area contributed by atoms with E-state index in [4.69, 9.17) is 0 Å².